The molecule has 10 nitrogen and oxygen atoms in total. The molecule has 11 heteroatoms. The maximum absolute atomic E-state index is 13.4. The highest BCUT2D eigenvalue weighted by molar-refractivity contribution is 7.99. The van der Waals surface area contributed by atoms with Gasteiger partial charge in [0.05, 0.1) is 5.88 Å². The number of likely N-dealkylation sites (tertiary alicyclic amines) is 1. The van der Waals surface area contributed by atoms with Crippen LogP contribution in [0.1, 0.15) is 47.5 Å². The SMILES string of the molecule is CC(C)[C@](N)(C(=O)N1CCC(N(C)C(=O)OC(C)(C)C)CC1)C(=O)N1CSC[C@H]1C(=O)O. The number of carbonyl (C=O) groups is 4. The minimum Gasteiger partial charge on any atom is -0.480 e. The molecule has 3 amide bonds. The van der Waals surface area contributed by atoms with Gasteiger partial charge in [-0.3, -0.25) is 9.59 Å². The Hall–Kier alpha value is -2.01. The molecular formula is C21H36N4O6S. The molecule has 0 spiro atoms. The van der Waals surface area contributed by atoms with Gasteiger partial charge in [-0.25, -0.2) is 9.59 Å². The number of carbonyl (C=O) groups excluding carboxylic acids is 3. The zero-order valence-electron chi connectivity index (χ0n) is 19.8. The van der Waals surface area contributed by atoms with Crippen LogP contribution in [0.2, 0.25) is 0 Å². The first-order valence-electron chi connectivity index (χ1n) is 10.9. The number of hydrogen-bond acceptors (Lipinski definition) is 7. The third-order valence-electron chi connectivity index (χ3n) is 6.03. The van der Waals surface area contributed by atoms with E-state index in [0.29, 0.717) is 25.9 Å². The van der Waals surface area contributed by atoms with Crippen LogP contribution in [0.25, 0.3) is 0 Å². The Morgan fingerprint density at radius 2 is 1.69 bits per heavy atom. The van der Waals surface area contributed by atoms with Gasteiger partial charge in [-0.2, -0.15) is 0 Å². The number of thioether (sulfide) groups is 1. The summed E-state index contributed by atoms with van der Waals surface area (Å²) in [7, 11) is 1.68. The lowest BCUT2D eigenvalue weighted by Gasteiger charge is -2.42. The second-order valence-corrected chi connectivity index (χ2v) is 10.8. The van der Waals surface area contributed by atoms with Crippen LogP contribution in [0.15, 0.2) is 0 Å². The van der Waals surface area contributed by atoms with E-state index in [4.69, 9.17) is 10.5 Å². The number of hydrogen-bond donors (Lipinski definition) is 2. The van der Waals surface area contributed by atoms with Gasteiger partial charge in [0.15, 0.2) is 5.54 Å². The van der Waals surface area contributed by atoms with E-state index in [1.165, 1.54) is 16.7 Å². The first-order chi connectivity index (χ1) is 14.7. The summed E-state index contributed by atoms with van der Waals surface area (Å²) in [5, 5.41) is 9.43. The number of nitrogens with zero attached hydrogens (tertiary/aromatic N) is 3. The largest absolute Gasteiger partial charge is 0.480 e. The first kappa shape index (κ1) is 26.2. The average molecular weight is 473 g/mol. The number of aliphatic carboxylic acids is 1. The molecule has 2 fully saturated rings. The Balaban J connectivity index is 2.09. The van der Waals surface area contributed by atoms with Crippen LogP contribution < -0.4 is 5.73 Å². The van der Waals surface area contributed by atoms with E-state index in [2.05, 4.69) is 0 Å². The molecule has 2 saturated heterocycles. The van der Waals surface area contributed by atoms with Crippen molar-refractivity contribution < 1.29 is 29.0 Å². The lowest BCUT2D eigenvalue weighted by Crippen LogP contribution is -2.69. The topological polar surface area (TPSA) is 133 Å². The monoisotopic (exact) mass is 472 g/mol. The molecule has 182 valence electrons. The lowest BCUT2D eigenvalue weighted by atomic mass is 9.83. The van der Waals surface area contributed by atoms with Gasteiger partial charge in [-0.15, -0.1) is 11.8 Å². The highest BCUT2D eigenvalue weighted by atomic mass is 32.2. The van der Waals surface area contributed by atoms with Crippen molar-refractivity contribution in [2.75, 3.05) is 31.8 Å². The van der Waals surface area contributed by atoms with E-state index >= 15 is 0 Å². The molecule has 2 rings (SSSR count). The summed E-state index contributed by atoms with van der Waals surface area (Å²) < 4.78 is 5.42. The molecule has 0 aliphatic carbocycles. The standard InChI is InChI=1S/C21H36N4O6S/c1-13(2)21(22,18(29)25-12-32-11-15(25)16(26)27)17(28)24-9-7-14(8-10-24)23(6)19(30)31-20(3,4)5/h13-15H,7-12,22H2,1-6H3,(H,26,27)/t15-,21-/m0/s1. The number of nitrogens with two attached hydrogens (primary N) is 1. The van der Waals surface area contributed by atoms with Crippen molar-refractivity contribution in [3.8, 4) is 0 Å². The smallest absolute Gasteiger partial charge is 0.410 e. The Bertz CT molecular complexity index is 747. The predicted molar refractivity (Wildman–Crippen MR) is 121 cm³/mol. The maximum atomic E-state index is 13.4. The van der Waals surface area contributed by atoms with E-state index < -0.39 is 47.0 Å². The van der Waals surface area contributed by atoms with Crippen molar-refractivity contribution >= 4 is 35.6 Å². The van der Waals surface area contributed by atoms with Gasteiger partial charge in [0.25, 0.3) is 11.8 Å². The summed E-state index contributed by atoms with van der Waals surface area (Å²) in [6.07, 6.45) is 0.640. The van der Waals surface area contributed by atoms with Crippen LogP contribution in [-0.2, 0) is 19.1 Å². The quantitative estimate of drug-likeness (QED) is 0.570. The predicted octanol–water partition coefficient (Wildman–Crippen LogP) is 1.18. The average Bonchev–Trinajstić information content (AvgIpc) is 3.20. The molecule has 0 aromatic heterocycles. The Labute approximate surface area is 193 Å². The van der Waals surface area contributed by atoms with Crippen molar-refractivity contribution in [3.63, 3.8) is 0 Å². The van der Waals surface area contributed by atoms with Crippen LogP contribution in [0.3, 0.4) is 0 Å². The summed E-state index contributed by atoms with van der Waals surface area (Å²) in [5.74, 6) is -2.32. The van der Waals surface area contributed by atoms with Gasteiger partial charge in [0.2, 0.25) is 0 Å². The van der Waals surface area contributed by atoms with Crippen molar-refractivity contribution in [1.82, 2.24) is 14.7 Å². The first-order valence-corrected chi connectivity index (χ1v) is 12.0. The second kappa shape index (κ2) is 9.86. The summed E-state index contributed by atoms with van der Waals surface area (Å²) in [6.45, 7) is 9.47. The summed E-state index contributed by atoms with van der Waals surface area (Å²) in [6, 6.07) is -1.09. The molecule has 0 radical (unpaired) electrons. The van der Waals surface area contributed by atoms with Gasteiger partial charge in [-0.1, -0.05) is 13.8 Å². The van der Waals surface area contributed by atoms with Gasteiger partial charge < -0.3 is 30.3 Å². The molecule has 2 aliphatic rings. The fourth-order valence-electron chi connectivity index (χ4n) is 3.87. The number of rotatable bonds is 5. The summed E-state index contributed by atoms with van der Waals surface area (Å²) in [5.41, 5.74) is 4.00. The molecule has 3 N–H and O–H groups in total. The van der Waals surface area contributed by atoms with Gasteiger partial charge in [0.1, 0.15) is 11.6 Å². The van der Waals surface area contributed by atoms with Crippen LogP contribution in [0.4, 0.5) is 4.79 Å². The number of carboxylic acids is 1. The van der Waals surface area contributed by atoms with E-state index in [9.17, 15) is 24.3 Å². The minimum atomic E-state index is -1.84. The van der Waals surface area contributed by atoms with Crippen LogP contribution >= 0.6 is 11.8 Å². The Morgan fingerprint density at radius 1 is 1.12 bits per heavy atom. The van der Waals surface area contributed by atoms with Crippen molar-refractivity contribution in [2.24, 2.45) is 11.7 Å². The van der Waals surface area contributed by atoms with Crippen LogP contribution in [0, 0.1) is 5.92 Å². The van der Waals surface area contributed by atoms with Crippen LogP contribution in [0.5, 0.6) is 0 Å². The van der Waals surface area contributed by atoms with Gasteiger partial charge >= 0.3 is 12.1 Å². The molecular weight excluding hydrogens is 436 g/mol. The van der Waals surface area contributed by atoms with Gasteiger partial charge in [-0.05, 0) is 39.5 Å². The van der Waals surface area contributed by atoms with E-state index in [1.807, 2.05) is 0 Å². The molecule has 0 aromatic carbocycles. The molecule has 2 aliphatic heterocycles. The third kappa shape index (κ3) is 5.48. The maximum Gasteiger partial charge on any atom is 0.410 e. The highest BCUT2D eigenvalue weighted by Crippen LogP contribution is 2.29. The summed E-state index contributed by atoms with van der Waals surface area (Å²) >= 11 is 1.33. The molecule has 0 saturated carbocycles. The van der Waals surface area contributed by atoms with Crippen molar-refractivity contribution in [3.05, 3.63) is 0 Å². The number of carboxylic acid groups (broad SMARTS) is 1. The van der Waals surface area contributed by atoms with E-state index in [0.717, 1.165) is 0 Å². The lowest BCUT2D eigenvalue weighted by molar-refractivity contribution is -0.157. The second-order valence-electron chi connectivity index (χ2n) is 9.77. The van der Waals surface area contributed by atoms with Crippen molar-refractivity contribution in [2.45, 2.75) is 70.7 Å². The molecule has 2 atom stereocenters. The summed E-state index contributed by atoms with van der Waals surface area (Å²) in [4.78, 5) is 54.9. The third-order valence-corrected chi connectivity index (χ3v) is 7.04. The Morgan fingerprint density at radius 3 is 2.16 bits per heavy atom. The fourth-order valence-corrected chi connectivity index (χ4v) is 5.02. The molecule has 32 heavy (non-hydrogen) atoms. The van der Waals surface area contributed by atoms with Crippen molar-refractivity contribution in [1.29, 1.82) is 0 Å². The van der Waals surface area contributed by atoms with E-state index in [1.54, 1.807) is 51.5 Å². The highest BCUT2D eigenvalue weighted by Gasteiger charge is 2.52. The van der Waals surface area contributed by atoms with Gasteiger partial charge in [0, 0.05) is 31.9 Å². The molecule has 0 bridgehead atoms. The molecule has 0 unspecified atom stereocenters. The molecule has 2 heterocycles. The Kier molecular flexibility index (Phi) is 8.09. The number of piperidine rings is 1. The van der Waals surface area contributed by atoms with Crippen LogP contribution in [-0.4, -0.2) is 98.7 Å². The zero-order valence-corrected chi connectivity index (χ0v) is 20.6. The number of ether oxygens (including phenoxy) is 1. The fraction of sp³-hybridized carbons (Fsp3) is 0.810. The molecule has 0 aromatic rings. The minimum absolute atomic E-state index is 0.0952. The normalized spacial score (nSPS) is 21.9. The number of amides is 3. The van der Waals surface area contributed by atoms with E-state index in [-0.39, 0.29) is 17.7 Å². The zero-order chi connectivity index (χ0) is 24.4.